The van der Waals surface area contributed by atoms with Crippen LogP contribution in [0.4, 0.5) is 0 Å². The molecule has 2 aromatic carbocycles. The molecule has 2 aliphatic heterocycles. The predicted octanol–water partition coefficient (Wildman–Crippen LogP) is 2.52. The van der Waals surface area contributed by atoms with Crippen molar-refractivity contribution in [1.29, 1.82) is 0 Å². The van der Waals surface area contributed by atoms with E-state index in [1.807, 2.05) is 37.3 Å². The van der Waals surface area contributed by atoms with E-state index in [-0.39, 0.29) is 12.5 Å². The van der Waals surface area contributed by atoms with Crippen molar-refractivity contribution in [3.05, 3.63) is 71.3 Å². The number of carbonyl (C=O) groups is 2. The molecule has 1 saturated heterocycles. The molecule has 0 aromatic heterocycles. The first kappa shape index (κ1) is 22.0. The minimum Gasteiger partial charge on any atom is -0.465 e. The monoisotopic (exact) mass is 434 g/mol. The van der Waals surface area contributed by atoms with Gasteiger partial charge in [-0.25, -0.2) is 4.99 Å². The number of aryl methyl sites for hydroxylation is 1. The highest BCUT2D eigenvalue weighted by Gasteiger charge is 2.42. The SMILES string of the molecule is CCOC(=O)[C@H]1C(=O)NC(N2CCN(Cc3ccccc3)CC2)=N[C@@H]1c1cccc(C)c1. The summed E-state index contributed by atoms with van der Waals surface area (Å²) < 4.78 is 5.20. The molecule has 0 unspecified atom stereocenters. The number of carbonyl (C=O) groups excluding carboxylic acids is 2. The summed E-state index contributed by atoms with van der Waals surface area (Å²) in [6.07, 6.45) is 0. The maximum Gasteiger partial charge on any atom is 0.321 e. The molecule has 7 nitrogen and oxygen atoms in total. The van der Waals surface area contributed by atoms with Gasteiger partial charge in [-0.1, -0.05) is 60.2 Å². The summed E-state index contributed by atoms with van der Waals surface area (Å²) in [4.78, 5) is 35.0. The first-order valence-corrected chi connectivity index (χ1v) is 11.2. The molecule has 2 heterocycles. The van der Waals surface area contributed by atoms with E-state index in [4.69, 9.17) is 9.73 Å². The second kappa shape index (κ2) is 9.96. The smallest absolute Gasteiger partial charge is 0.321 e. The van der Waals surface area contributed by atoms with Crippen molar-refractivity contribution in [2.24, 2.45) is 10.9 Å². The number of nitrogens with zero attached hydrogens (tertiary/aromatic N) is 3. The number of rotatable bonds is 5. The first-order chi connectivity index (χ1) is 15.5. The van der Waals surface area contributed by atoms with Crippen LogP contribution in [0, 0.1) is 12.8 Å². The Morgan fingerprint density at radius 3 is 2.53 bits per heavy atom. The van der Waals surface area contributed by atoms with Gasteiger partial charge in [-0.05, 0) is 25.0 Å². The Bertz CT molecular complexity index is 984. The number of hydrogen-bond donors (Lipinski definition) is 1. The maximum atomic E-state index is 13.0. The van der Waals surface area contributed by atoms with Crippen molar-refractivity contribution in [2.45, 2.75) is 26.4 Å². The van der Waals surface area contributed by atoms with Gasteiger partial charge in [-0.15, -0.1) is 0 Å². The number of guanidine groups is 1. The summed E-state index contributed by atoms with van der Waals surface area (Å²) in [5, 5.41) is 2.87. The average Bonchev–Trinajstić information content (AvgIpc) is 2.80. The van der Waals surface area contributed by atoms with Gasteiger partial charge in [0.05, 0.1) is 6.61 Å². The van der Waals surface area contributed by atoms with Gasteiger partial charge < -0.3 is 9.64 Å². The first-order valence-electron chi connectivity index (χ1n) is 11.2. The maximum absolute atomic E-state index is 13.0. The molecule has 0 bridgehead atoms. The van der Waals surface area contributed by atoms with E-state index in [2.05, 4.69) is 39.4 Å². The van der Waals surface area contributed by atoms with Gasteiger partial charge in [-0.3, -0.25) is 19.8 Å². The molecule has 0 aliphatic carbocycles. The Hall–Kier alpha value is -3.19. The van der Waals surface area contributed by atoms with Crippen LogP contribution < -0.4 is 5.32 Å². The van der Waals surface area contributed by atoms with Gasteiger partial charge in [0.2, 0.25) is 11.9 Å². The molecule has 0 radical (unpaired) electrons. The van der Waals surface area contributed by atoms with Crippen LogP contribution in [0.25, 0.3) is 0 Å². The summed E-state index contributed by atoms with van der Waals surface area (Å²) >= 11 is 0. The van der Waals surface area contributed by atoms with Crippen LogP contribution in [-0.4, -0.2) is 60.4 Å². The van der Waals surface area contributed by atoms with E-state index in [0.717, 1.165) is 43.9 Å². The van der Waals surface area contributed by atoms with Crippen molar-refractivity contribution in [3.8, 4) is 0 Å². The lowest BCUT2D eigenvalue weighted by Crippen LogP contribution is -2.57. The highest BCUT2D eigenvalue weighted by Crippen LogP contribution is 2.31. The summed E-state index contributed by atoms with van der Waals surface area (Å²) in [6, 6.07) is 17.6. The van der Waals surface area contributed by atoms with Crippen LogP contribution in [0.15, 0.2) is 59.6 Å². The lowest BCUT2D eigenvalue weighted by molar-refractivity contribution is -0.153. The van der Waals surface area contributed by atoms with Crippen molar-refractivity contribution >= 4 is 17.8 Å². The molecular formula is C25H30N4O3. The number of piperazine rings is 1. The summed E-state index contributed by atoms with van der Waals surface area (Å²) in [6.45, 7) is 8.13. The normalized spacial score (nSPS) is 21.6. The molecule has 7 heteroatoms. The summed E-state index contributed by atoms with van der Waals surface area (Å²) in [7, 11) is 0. The molecule has 0 spiro atoms. The second-order valence-electron chi connectivity index (χ2n) is 8.28. The van der Waals surface area contributed by atoms with Crippen LogP contribution in [0.1, 0.15) is 29.7 Å². The molecule has 1 amide bonds. The molecule has 4 rings (SSSR count). The van der Waals surface area contributed by atoms with Crippen molar-refractivity contribution in [1.82, 2.24) is 15.1 Å². The van der Waals surface area contributed by atoms with E-state index in [0.29, 0.717) is 5.96 Å². The quantitative estimate of drug-likeness (QED) is 0.578. The zero-order chi connectivity index (χ0) is 22.5. The van der Waals surface area contributed by atoms with Gasteiger partial charge in [-0.2, -0.15) is 0 Å². The van der Waals surface area contributed by atoms with E-state index in [1.54, 1.807) is 6.92 Å². The van der Waals surface area contributed by atoms with Gasteiger partial charge in [0.15, 0.2) is 5.92 Å². The molecule has 32 heavy (non-hydrogen) atoms. The van der Waals surface area contributed by atoms with Crippen molar-refractivity contribution < 1.29 is 14.3 Å². The van der Waals surface area contributed by atoms with Gasteiger partial charge in [0.25, 0.3) is 0 Å². The summed E-state index contributed by atoms with van der Waals surface area (Å²) in [5.74, 6) is -1.33. The molecule has 1 N–H and O–H groups in total. The zero-order valence-electron chi connectivity index (χ0n) is 18.7. The molecule has 2 aromatic rings. The van der Waals surface area contributed by atoms with Gasteiger partial charge >= 0.3 is 5.97 Å². The van der Waals surface area contributed by atoms with Crippen molar-refractivity contribution in [2.75, 3.05) is 32.8 Å². The van der Waals surface area contributed by atoms with E-state index < -0.39 is 17.9 Å². The van der Waals surface area contributed by atoms with Crippen LogP contribution in [0.3, 0.4) is 0 Å². The minimum absolute atomic E-state index is 0.225. The predicted molar refractivity (Wildman–Crippen MR) is 123 cm³/mol. The Morgan fingerprint density at radius 1 is 1.09 bits per heavy atom. The van der Waals surface area contributed by atoms with E-state index in [1.165, 1.54) is 5.56 Å². The fourth-order valence-corrected chi connectivity index (χ4v) is 4.28. The number of nitrogens with one attached hydrogen (secondary N) is 1. The van der Waals surface area contributed by atoms with Gasteiger partial charge in [0, 0.05) is 32.7 Å². The number of hydrogen-bond acceptors (Lipinski definition) is 6. The van der Waals surface area contributed by atoms with Crippen LogP contribution in [-0.2, 0) is 20.9 Å². The fraction of sp³-hybridized carbons (Fsp3) is 0.400. The third kappa shape index (κ3) is 4.99. The van der Waals surface area contributed by atoms with E-state index >= 15 is 0 Å². The average molecular weight is 435 g/mol. The Labute approximate surface area is 189 Å². The highest BCUT2D eigenvalue weighted by molar-refractivity contribution is 6.08. The zero-order valence-corrected chi connectivity index (χ0v) is 18.7. The standard InChI is InChI=1S/C25H30N4O3/c1-3-32-24(31)21-22(20-11-7-8-18(2)16-20)26-25(27-23(21)30)29-14-12-28(13-15-29)17-19-9-5-4-6-10-19/h4-11,16,21-22H,3,12-15,17H2,1-2H3,(H,26,27,30)/t21-,22-/m1/s1. The number of esters is 1. The molecule has 0 saturated carbocycles. The van der Waals surface area contributed by atoms with Gasteiger partial charge in [0.1, 0.15) is 6.04 Å². The molecule has 168 valence electrons. The number of amides is 1. The van der Waals surface area contributed by atoms with Crippen LogP contribution in [0.2, 0.25) is 0 Å². The van der Waals surface area contributed by atoms with E-state index in [9.17, 15) is 9.59 Å². The number of benzene rings is 2. The Balaban J connectivity index is 1.51. The lowest BCUT2D eigenvalue weighted by Gasteiger charge is -2.39. The molecule has 2 atom stereocenters. The fourth-order valence-electron chi connectivity index (χ4n) is 4.28. The molecule has 2 aliphatic rings. The van der Waals surface area contributed by atoms with Crippen LogP contribution in [0.5, 0.6) is 0 Å². The Kier molecular flexibility index (Phi) is 6.85. The Morgan fingerprint density at radius 2 is 1.84 bits per heavy atom. The third-order valence-corrected chi connectivity index (χ3v) is 5.94. The number of ether oxygens (including phenoxy) is 1. The van der Waals surface area contributed by atoms with Crippen molar-refractivity contribution in [3.63, 3.8) is 0 Å². The molecular weight excluding hydrogens is 404 g/mol. The highest BCUT2D eigenvalue weighted by atomic mass is 16.5. The lowest BCUT2D eigenvalue weighted by atomic mass is 9.90. The largest absolute Gasteiger partial charge is 0.465 e. The molecule has 1 fully saturated rings. The minimum atomic E-state index is -0.986. The topological polar surface area (TPSA) is 74.2 Å². The summed E-state index contributed by atoms with van der Waals surface area (Å²) in [5.41, 5.74) is 3.20. The number of aliphatic imine (C=N–C) groups is 1. The van der Waals surface area contributed by atoms with Crippen LogP contribution >= 0.6 is 0 Å². The second-order valence-corrected chi connectivity index (χ2v) is 8.28. The third-order valence-electron chi connectivity index (χ3n) is 5.94.